The summed E-state index contributed by atoms with van der Waals surface area (Å²) in [4.78, 5) is 11.2. The minimum absolute atomic E-state index is 0.0343. The number of nitrogens with one attached hydrogen (secondary N) is 2. The maximum absolute atomic E-state index is 11.2. The molecule has 0 bridgehead atoms. The summed E-state index contributed by atoms with van der Waals surface area (Å²) in [6.07, 6.45) is 2.81. The third-order valence-corrected chi connectivity index (χ3v) is 3.36. The summed E-state index contributed by atoms with van der Waals surface area (Å²) in [6, 6.07) is 3.27. The van der Waals surface area contributed by atoms with Crippen LogP contribution in [0.4, 0.5) is 5.69 Å². The van der Waals surface area contributed by atoms with Crippen LogP contribution in [0.25, 0.3) is 0 Å². The number of halogens is 3. The van der Waals surface area contributed by atoms with Crippen molar-refractivity contribution < 1.29 is 4.74 Å². The summed E-state index contributed by atoms with van der Waals surface area (Å²) >= 11 is 17.8. The highest BCUT2D eigenvalue weighted by Crippen LogP contribution is 2.33. The first-order valence-electron chi connectivity index (χ1n) is 5.58. The number of benzene rings is 1. The molecule has 0 aliphatic carbocycles. The summed E-state index contributed by atoms with van der Waals surface area (Å²) in [5.74, 6) is 0.394. The van der Waals surface area contributed by atoms with Crippen molar-refractivity contribution in [2.24, 2.45) is 5.10 Å². The van der Waals surface area contributed by atoms with Gasteiger partial charge in [0.05, 0.1) is 29.6 Å². The van der Waals surface area contributed by atoms with Crippen LogP contribution in [-0.2, 0) is 0 Å². The van der Waals surface area contributed by atoms with Gasteiger partial charge in [-0.1, -0.05) is 34.8 Å². The molecule has 0 unspecified atom stereocenters. The molecule has 2 aromatic rings. The molecule has 0 aliphatic rings. The first-order chi connectivity index (χ1) is 10.0. The average molecular weight is 348 g/mol. The molecule has 0 fully saturated rings. The highest BCUT2D eigenvalue weighted by Gasteiger charge is 2.07. The van der Waals surface area contributed by atoms with Gasteiger partial charge >= 0.3 is 0 Å². The van der Waals surface area contributed by atoms with Crippen molar-refractivity contribution in [1.82, 2.24) is 10.2 Å². The van der Waals surface area contributed by atoms with E-state index in [9.17, 15) is 4.79 Å². The van der Waals surface area contributed by atoms with Gasteiger partial charge in [-0.2, -0.15) is 10.2 Å². The largest absolute Gasteiger partial charge is 0.494 e. The highest BCUT2D eigenvalue weighted by atomic mass is 35.5. The van der Waals surface area contributed by atoms with Gasteiger partial charge in [0.2, 0.25) is 0 Å². The average Bonchev–Trinajstić information content (AvgIpc) is 2.43. The summed E-state index contributed by atoms with van der Waals surface area (Å²) < 4.78 is 5.05. The van der Waals surface area contributed by atoms with E-state index in [0.717, 1.165) is 0 Å². The molecule has 0 saturated heterocycles. The standard InChI is InChI=1S/C12H9Cl3N4O2/c1-21-11-7(13)2-6(3-8(11)14)4-16-18-9-5-17-19-12(20)10(9)15/h2-5H,1H3,(H2,18,19,20)/b16-4-. The predicted molar refractivity (Wildman–Crippen MR) is 84.1 cm³/mol. The Morgan fingerprint density at radius 2 is 2.00 bits per heavy atom. The Hall–Kier alpha value is -1.76. The van der Waals surface area contributed by atoms with E-state index < -0.39 is 5.56 Å². The van der Waals surface area contributed by atoms with Crippen molar-refractivity contribution >= 4 is 46.7 Å². The van der Waals surface area contributed by atoms with Crippen LogP contribution in [0.2, 0.25) is 15.1 Å². The molecule has 1 aromatic heterocycles. The fraction of sp³-hybridized carbons (Fsp3) is 0.0833. The van der Waals surface area contributed by atoms with Crippen molar-refractivity contribution in [3.05, 3.63) is 49.3 Å². The number of anilines is 1. The van der Waals surface area contributed by atoms with Gasteiger partial charge in [0, 0.05) is 0 Å². The number of hydrogen-bond acceptors (Lipinski definition) is 5. The van der Waals surface area contributed by atoms with Crippen molar-refractivity contribution in [2.45, 2.75) is 0 Å². The zero-order valence-corrected chi connectivity index (χ0v) is 12.9. The maximum Gasteiger partial charge on any atom is 0.285 e. The SMILES string of the molecule is COc1c(Cl)cc(/C=N\Nc2cn[nH]c(=O)c2Cl)cc1Cl. The third-order valence-electron chi connectivity index (χ3n) is 2.42. The molecular formula is C12H9Cl3N4O2. The van der Waals surface area contributed by atoms with Crippen LogP contribution in [0.15, 0.2) is 28.2 Å². The van der Waals surface area contributed by atoms with Crippen LogP contribution in [0.3, 0.4) is 0 Å². The molecule has 0 amide bonds. The number of methoxy groups -OCH3 is 1. The van der Waals surface area contributed by atoms with Gasteiger partial charge in [-0.25, -0.2) is 5.10 Å². The Balaban J connectivity index is 2.19. The van der Waals surface area contributed by atoms with Gasteiger partial charge in [0.1, 0.15) is 10.7 Å². The molecule has 0 radical (unpaired) electrons. The van der Waals surface area contributed by atoms with Crippen LogP contribution in [0.5, 0.6) is 5.75 Å². The number of hydrazone groups is 1. The summed E-state index contributed by atoms with van der Waals surface area (Å²) in [6.45, 7) is 0. The highest BCUT2D eigenvalue weighted by molar-refractivity contribution is 6.37. The first-order valence-corrected chi connectivity index (χ1v) is 6.71. The zero-order valence-electron chi connectivity index (χ0n) is 10.7. The van der Waals surface area contributed by atoms with Crippen LogP contribution in [0.1, 0.15) is 5.56 Å². The number of H-pyrrole nitrogens is 1. The monoisotopic (exact) mass is 346 g/mol. The maximum atomic E-state index is 11.2. The number of aromatic nitrogens is 2. The Bertz CT molecular complexity index is 723. The first kappa shape index (κ1) is 15.6. The van der Waals surface area contributed by atoms with E-state index >= 15 is 0 Å². The molecule has 0 aliphatic heterocycles. The fourth-order valence-corrected chi connectivity index (χ4v) is 2.28. The van der Waals surface area contributed by atoms with E-state index in [-0.39, 0.29) is 10.7 Å². The molecule has 2 N–H and O–H groups in total. The minimum Gasteiger partial charge on any atom is -0.494 e. The van der Waals surface area contributed by atoms with Crippen LogP contribution in [0, 0.1) is 0 Å². The van der Waals surface area contributed by atoms with Crippen LogP contribution in [-0.4, -0.2) is 23.5 Å². The fourth-order valence-electron chi connectivity index (χ4n) is 1.49. The van der Waals surface area contributed by atoms with Crippen molar-refractivity contribution in [3.8, 4) is 5.75 Å². The third kappa shape index (κ3) is 3.66. The summed E-state index contributed by atoms with van der Waals surface area (Å²) in [5.41, 5.74) is 3.03. The van der Waals surface area contributed by atoms with Crippen LogP contribution >= 0.6 is 34.8 Å². The second kappa shape index (κ2) is 6.80. The minimum atomic E-state index is -0.507. The van der Waals surface area contributed by atoms with E-state index in [1.165, 1.54) is 19.5 Å². The Morgan fingerprint density at radius 3 is 2.62 bits per heavy atom. The smallest absolute Gasteiger partial charge is 0.285 e. The lowest BCUT2D eigenvalue weighted by Crippen LogP contribution is -2.10. The van der Waals surface area contributed by atoms with Gasteiger partial charge in [-0.15, -0.1) is 0 Å². The van der Waals surface area contributed by atoms with Crippen LogP contribution < -0.4 is 15.7 Å². The molecule has 9 heteroatoms. The Labute approximate surface area is 134 Å². The molecule has 1 heterocycles. The number of rotatable bonds is 4. The van der Waals surface area contributed by atoms with Crippen molar-refractivity contribution in [1.29, 1.82) is 0 Å². The van der Waals surface area contributed by atoms with E-state index in [1.54, 1.807) is 12.1 Å². The molecule has 0 spiro atoms. The summed E-state index contributed by atoms with van der Waals surface area (Å²) in [5, 5.41) is 10.4. The lowest BCUT2D eigenvalue weighted by atomic mass is 10.2. The molecule has 0 atom stereocenters. The number of aromatic amines is 1. The molecule has 21 heavy (non-hydrogen) atoms. The van der Waals surface area contributed by atoms with E-state index in [0.29, 0.717) is 21.4 Å². The molecular weight excluding hydrogens is 339 g/mol. The van der Waals surface area contributed by atoms with Crippen molar-refractivity contribution in [2.75, 3.05) is 12.5 Å². The topological polar surface area (TPSA) is 79.4 Å². The lowest BCUT2D eigenvalue weighted by Gasteiger charge is -2.06. The van der Waals surface area contributed by atoms with Crippen molar-refractivity contribution in [3.63, 3.8) is 0 Å². The second-order valence-corrected chi connectivity index (χ2v) is 5.01. The summed E-state index contributed by atoms with van der Waals surface area (Å²) in [7, 11) is 1.48. The van der Waals surface area contributed by atoms with E-state index in [4.69, 9.17) is 39.5 Å². The van der Waals surface area contributed by atoms with Gasteiger partial charge in [-0.05, 0) is 17.7 Å². The van der Waals surface area contributed by atoms with E-state index in [2.05, 4.69) is 20.7 Å². The Kier molecular flexibility index (Phi) is 5.06. The molecule has 6 nitrogen and oxygen atoms in total. The second-order valence-electron chi connectivity index (χ2n) is 3.81. The zero-order chi connectivity index (χ0) is 15.4. The predicted octanol–water partition coefficient (Wildman–Crippen LogP) is 3.18. The van der Waals surface area contributed by atoms with Gasteiger partial charge in [0.15, 0.2) is 5.75 Å². The molecule has 2 rings (SSSR count). The van der Waals surface area contributed by atoms with E-state index in [1.807, 2.05) is 0 Å². The molecule has 110 valence electrons. The molecule has 0 saturated carbocycles. The lowest BCUT2D eigenvalue weighted by molar-refractivity contribution is 0.415. The number of nitrogens with zero attached hydrogens (tertiary/aromatic N) is 2. The molecule has 1 aromatic carbocycles. The van der Waals surface area contributed by atoms with Gasteiger partial charge in [0.25, 0.3) is 5.56 Å². The van der Waals surface area contributed by atoms with Gasteiger partial charge < -0.3 is 4.74 Å². The number of hydrogen-bond donors (Lipinski definition) is 2. The quantitative estimate of drug-likeness (QED) is 0.657. The number of ether oxygens (including phenoxy) is 1. The van der Waals surface area contributed by atoms with Gasteiger partial charge in [-0.3, -0.25) is 10.2 Å². The Morgan fingerprint density at radius 1 is 1.33 bits per heavy atom. The normalized spacial score (nSPS) is 10.9.